The highest BCUT2D eigenvalue weighted by Gasteiger charge is 2.41. The highest BCUT2D eigenvalue weighted by atomic mass is 35.5. The number of hydrogen-bond donors (Lipinski definition) is 0. The number of carbonyl (C=O) groups is 2. The molecule has 178 valence electrons. The van der Waals surface area contributed by atoms with E-state index >= 15 is 0 Å². The van der Waals surface area contributed by atoms with Gasteiger partial charge in [0.15, 0.2) is 0 Å². The summed E-state index contributed by atoms with van der Waals surface area (Å²) in [7, 11) is 0. The standard InChI is InChI=1S/C23H35ClN4O4/c1-21(2,3)31-19(29)27-10-9-15-16(13-17(24)25-18(15)27)26-11-12-28(23(7,8)14-26)20(30)32-22(4,5)6/h13H,9-12,14H2,1-8H3. The van der Waals surface area contributed by atoms with Gasteiger partial charge in [-0.05, 0) is 67.9 Å². The third kappa shape index (κ3) is 5.39. The molecule has 9 heteroatoms. The molecule has 0 N–H and O–H groups in total. The van der Waals surface area contributed by atoms with E-state index in [1.165, 1.54) is 0 Å². The molecule has 0 aromatic carbocycles. The van der Waals surface area contributed by atoms with E-state index in [1.54, 1.807) is 9.80 Å². The van der Waals surface area contributed by atoms with E-state index in [-0.39, 0.29) is 6.09 Å². The Morgan fingerprint density at radius 1 is 1.00 bits per heavy atom. The van der Waals surface area contributed by atoms with Crippen molar-refractivity contribution < 1.29 is 19.1 Å². The van der Waals surface area contributed by atoms with Crippen LogP contribution >= 0.6 is 11.6 Å². The molecular formula is C23H35ClN4O4. The third-order valence-electron chi connectivity index (χ3n) is 5.36. The number of piperazine rings is 1. The van der Waals surface area contributed by atoms with E-state index in [0.717, 1.165) is 11.3 Å². The number of pyridine rings is 1. The summed E-state index contributed by atoms with van der Waals surface area (Å²) >= 11 is 6.37. The average Bonchev–Trinajstić information content (AvgIpc) is 3.00. The van der Waals surface area contributed by atoms with E-state index in [4.69, 9.17) is 21.1 Å². The summed E-state index contributed by atoms with van der Waals surface area (Å²) < 4.78 is 11.2. The first-order valence-electron chi connectivity index (χ1n) is 11.0. The van der Waals surface area contributed by atoms with E-state index in [1.807, 2.05) is 61.5 Å². The average molecular weight is 467 g/mol. The molecule has 2 aliphatic heterocycles. The van der Waals surface area contributed by atoms with Crippen molar-refractivity contribution in [2.24, 2.45) is 0 Å². The normalized spacial score (nSPS) is 18.5. The van der Waals surface area contributed by atoms with E-state index < -0.39 is 22.8 Å². The molecular weight excluding hydrogens is 432 g/mol. The lowest BCUT2D eigenvalue weighted by atomic mass is 9.98. The number of amides is 2. The molecule has 0 bridgehead atoms. The lowest BCUT2D eigenvalue weighted by Crippen LogP contribution is -2.62. The maximum atomic E-state index is 12.7. The first-order valence-corrected chi connectivity index (χ1v) is 11.4. The topological polar surface area (TPSA) is 75.2 Å². The first kappa shape index (κ1) is 24.4. The van der Waals surface area contributed by atoms with Gasteiger partial charge in [0.05, 0.1) is 5.54 Å². The Morgan fingerprint density at radius 2 is 1.59 bits per heavy atom. The molecule has 2 amide bonds. The van der Waals surface area contributed by atoms with E-state index in [9.17, 15) is 9.59 Å². The van der Waals surface area contributed by atoms with Gasteiger partial charge in [0, 0.05) is 37.4 Å². The van der Waals surface area contributed by atoms with Gasteiger partial charge in [-0.1, -0.05) is 11.6 Å². The van der Waals surface area contributed by atoms with Crippen LogP contribution in [0.25, 0.3) is 0 Å². The molecule has 8 nitrogen and oxygen atoms in total. The Balaban J connectivity index is 1.84. The zero-order valence-electron chi connectivity index (χ0n) is 20.4. The summed E-state index contributed by atoms with van der Waals surface area (Å²) in [5, 5.41) is 0.321. The highest BCUT2D eigenvalue weighted by Crippen LogP contribution is 2.38. The van der Waals surface area contributed by atoms with Crippen LogP contribution in [0.4, 0.5) is 21.1 Å². The van der Waals surface area contributed by atoms with Crippen molar-refractivity contribution in [3.63, 3.8) is 0 Å². The van der Waals surface area contributed by atoms with Gasteiger partial charge in [-0.25, -0.2) is 14.6 Å². The van der Waals surface area contributed by atoms with Gasteiger partial charge in [0.25, 0.3) is 0 Å². The van der Waals surface area contributed by atoms with Crippen LogP contribution in [0.15, 0.2) is 6.07 Å². The second kappa shape index (κ2) is 8.28. The van der Waals surface area contributed by atoms with Gasteiger partial charge in [-0.3, -0.25) is 9.80 Å². The summed E-state index contributed by atoms with van der Waals surface area (Å²) in [6.07, 6.45) is -0.0656. The van der Waals surface area contributed by atoms with Crippen LogP contribution in [0.2, 0.25) is 5.15 Å². The van der Waals surface area contributed by atoms with Crippen LogP contribution < -0.4 is 9.80 Å². The van der Waals surface area contributed by atoms with Gasteiger partial charge in [0.2, 0.25) is 0 Å². The molecule has 1 aromatic rings. The minimum Gasteiger partial charge on any atom is -0.444 e. The predicted molar refractivity (Wildman–Crippen MR) is 126 cm³/mol. The van der Waals surface area contributed by atoms with Crippen molar-refractivity contribution in [1.82, 2.24) is 9.88 Å². The molecule has 3 rings (SSSR count). The number of rotatable bonds is 1. The number of carbonyl (C=O) groups excluding carboxylic acids is 2. The fourth-order valence-electron chi connectivity index (χ4n) is 4.10. The maximum Gasteiger partial charge on any atom is 0.416 e. The summed E-state index contributed by atoms with van der Waals surface area (Å²) in [6, 6.07) is 1.85. The SMILES string of the molecule is CC(C)(C)OC(=O)N1CCc2c(N3CCN(C(=O)OC(C)(C)C)C(C)(C)C3)cc(Cl)nc21. The van der Waals surface area contributed by atoms with Gasteiger partial charge >= 0.3 is 12.2 Å². The van der Waals surface area contributed by atoms with Crippen molar-refractivity contribution in [1.29, 1.82) is 0 Å². The van der Waals surface area contributed by atoms with Crippen molar-refractivity contribution in [3.8, 4) is 0 Å². The number of fused-ring (bicyclic) bond motifs is 1. The van der Waals surface area contributed by atoms with Crippen molar-refractivity contribution >= 4 is 35.3 Å². The molecule has 1 saturated heterocycles. The highest BCUT2D eigenvalue weighted by molar-refractivity contribution is 6.30. The fraction of sp³-hybridized carbons (Fsp3) is 0.696. The summed E-state index contributed by atoms with van der Waals surface area (Å²) in [5.41, 5.74) is 0.329. The van der Waals surface area contributed by atoms with E-state index in [0.29, 0.717) is 43.6 Å². The van der Waals surface area contributed by atoms with Crippen molar-refractivity contribution in [2.45, 2.75) is 78.6 Å². The zero-order valence-corrected chi connectivity index (χ0v) is 21.2. The van der Waals surface area contributed by atoms with Crippen LogP contribution in [0.1, 0.15) is 61.0 Å². The molecule has 2 aliphatic rings. The minimum atomic E-state index is -0.594. The smallest absolute Gasteiger partial charge is 0.416 e. The number of nitrogens with zero attached hydrogens (tertiary/aromatic N) is 4. The Bertz CT molecular complexity index is 904. The minimum absolute atomic E-state index is 0.309. The van der Waals surface area contributed by atoms with Crippen LogP contribution in [-0.2, 0) is 15.9 Å². The summed E-state index contributed by atoms with van der Waals surface area (Å²) in [4.78, 5) is 35.4. The lowest BCUT2D eigenvalue weighted by molar-refractivity contribution is 0.000344. The van der Waals surface area contributed by atoms with Crippen LogP contribution in [0.5, 0.6) is 0 Å². The lowest BCUT2D eigenvalue weighted by Gasteiger charge is -2.48. The number of halogens is 1. The molecule has 32 heavy (non-hydrogen) atoms. The number of hydrogen-bond acceptors (Lipinski definition) is 6. The number of aromatic nitrogens is 1. The zero-order chi connectivity index (χ0) is 24.1. The van der Waals surface area contributed by atoms with Crippen LogP contribution in [-0.4, -0.2) is 65.0 Å². The molecule has 0 aliphatic carbocycles. The van der Waals surface area contributed by atoms with Crippen molar-refractivity contribution in [2.75, 3.05) is 36.0 Å². The van der Waals surface area contributed by atoms with Crippen LogP contribution in [0, 0.1) is 0 Å². The second-order valence-electron chi connectivity index (χ2n) is 11.0. The molecule has 0 spiro atoms. The van der Waals surface area contributed by atoms with Gasteiger partial charge in [-0.15, -0.1) is 0 Å². The number of ether oxygens (including phenoxy) is 2. The van der Waals surface area contributed by atoms with Crippen molar-refractivity contribution in [3.05, 3.63) is 16.8 Å². The monoisotopic (exact) mass is 466 g/mol. The Kier molecular flexibility index (Phi) is 6.32. The molecule has 1 fully saturated rings. The Morgan fingerprint density at radius 3 is 2.16 bits per heavy atom. The Labute approximate surface area is 195 Å². The van der Waals surface area contributed by atoms with Gasteiger partial charge in [0.1, 0.15) is 22.2 Å². The first-order chi connectivity index (χ1) is 14.6. The fourth-order valence-corrected chi connectivity index (χ4v) is 4.28. The van der Waals surface area contributed by atoms with Crippen LogP contribution in [0.3, 0.4) is 0 Å². The van der Waals surface area contributed by atoms with Gasteiger partial charge < -0.3 is 14.4 Å². The van der Waals surface area contributed by atoms with Gasteiger partial charge in [-0.2, -0.15) is 0 Å². The quantitative estimate of drug-likeness (QED) is 0.550. The number of anilines is 2. The predicted octanol–water partition coefficient (Wildman–Crippen LogP) is 4.87. The molecule has 1 aromatic heterocycles. The molecule has 3 heterocycles. The molecule has 0 saturated carbocycles. The molecule has 0 atom stereocenters. The summed E-state index contributed by atoms with van der Waals surface area (Å²) in [6.45, 7) is 17.4. The second-order valence-corrected chi connectivity index (χ2v) is 11.4. The third-order valence-corrected chi connectivity index (χ3v) is 5.55. The maximum absolute atomic E-state index is 12.7. The molecule has 0 unspecified atom stereocenters. The summed E-state index contributed by atoms with van der Waals surface area (Å²) in [5.74, 6) is 0.550. The largest absolute Gasteiger partial charge is 0.444 e. The van der Waals surface area contributed by atoms with E-state index in [2.05, 4.69) is 9.88 Å². The Hall–Kier alpha value is -2.22. The molecule has 0 radical (unpaired) electrons.